The predicted molar refractivity (Wildman–Crippen MR) is 92.2 cm³/mol. The molecular formula is C17H17ClN2O5. The summed E-state index contributed by atoms with van der Waals surface area (Å²) in [6, 6.07) is 6.71. The number of Topliss-reactive ketones (excluding diaryl/α,β-unsaturated/α-hetero) is 1. The fraction of sp³-hybridized carbons (Fsp3) is 0.235. The lowest BCUT2D eigenvalue weighted by Gasteiger charge is -2.07. The Morgan fingerprint density at radius 3 is 2.40 bits per heavy atom. The Kier molecular flexibility index (Phi) is 5.82. The molecule has 0 fully saturated rings. The van der Waals surface area contributed by atoms with Gasteiger partial charge in [0.15, 0.2) is 5.78 Å². The third kappa shape index (κ3) is 4.60. The summed E-state index contributed by atoms with van der Waals surface area (Å²) in [7, 11) is 0. The van der Waals surface area contributed by atoms with Gasteiger partial charge in [0.25, 0.3) is 5.91 Å². The maximum absolute atomic E-state index is 12.0. The van der Waals surface area contributed by atoms with E-state index in [0.29, 0.717) is 10.8 Å². The summed E-state index contributed by atoms with van der Waals surface area (Å²) < 4.78 is 10.7. The van der Waals surface area contributed by atoms with Gasteiger partial charge in [0.1, 0.15) is 17.1 Å². The summed E-state index contributed by atoms with van der Waals surface area (Å²) in [5.74, 6) is -1.01. The summed E-state index contributed by atoms with van der Waals surface area (Å²) in [5, 5.41) is 3.03. The molecule has 2 amide bonds. The van der Waals surface area contributed by atoms with E-state index in [2.05, 4.69) is 5.32 Å². The monoisotopic (exact) mass is 364 g/mol. The lowest BCUT2D eigenvalue weighted by molar-refractivity contribution is -0.116. The molecule has 7 nitrogen and oxygen atoms in total. The van der Waals surface area contributed by atoms with Crippen LogP contribution in [0.2, 0.25) is 5.02 Å². The standard InChI is InChI=1S/C17H17ClN2O5/c1-9(21)14-10(2)25-17(15(14)16(19)23)20-13(22)7-8-24-12-5-3-11(18)4-6-12/h3-6H,7-8H2,1-2H3,(H2,19,23)(H,20,22). The summed E-state index contributed by atoms with van der Waals surface area (Å²) >= 11 is 5.77. The minimum atomic E-state index is -0.852. The lowest BCUT2D eigenvalue weighted by Crippen LogP contribution is -2.20. The van der Waals surface area contributed by atoms with Crippen molar-refractivity contribution in [3.05, 3.63) is 46.2 Å². The van der Waals surface area contributed by atoms with Crippen molar-refractivity contribution < 1.29 is 23.5 Å². The summed E-state index contributed by atoms with van der Waals surface area (Å²) in [6.07, 6.45) is 0.00990. The topological polar surface area (TPSA) is 112 Å². The number of anilines is 1. The van der Waals surface area contributed by atoms with Gasteiger partial charge in [0, 0.05) is 5.02 Å². The molecule has 0 aliphatic carbocycles. The zero-order valence-corrected chi connectivity index (χ0v) is 14.5. The highest BCUT2D eigenvalue weighted by atomic mass is 35.5. The molecule has 2 aromatic rings. The number of ketones is 1. The second-order valence-electron chi connectivity index (χ2n) is 5.26. The van der Waals surface area contributed by atoms with E-state index in [-0.39, 0.29) is 41.6 Å². The highest BCUT2D eigenvalue weighted by molar-refractivity contribution is 6.30. The van der Waals surface area contributed by atoms with Crippen LogP contribution in [0.3, 0.4) is 0 Å². The second-order valence-corrected chi connectivity index (χ2v) is 5.69. The molecule has 0 spiro atoms. The average Bonchev–Trinajstić information content (AvgIpc) is 2.85. The van der Waals surface area contributed by atoms with Gasteiger partial charge in [0.2, 0.25) is 11.8 Å². The third-order valence-corrected chi connectivity index (χ3v) is 3.60. The Labute approximate surface area is 149 Å². The van der Waals surface area contributed by atoms with Crippen LogP contribution in [0.1, 0.15) is 39.8 Å². The van der Waals surface area contributed by atoms with Crippen molar-refractivity contribution in [2.45, 2.75) is 20.3 Å². The van der Waals surface area contributed by atoms with E-state index in [1.807, 2.05) is 0 Å². The molecule has 1 aromatic carbocycles. The van der Waals surface area contributed by atoms with E-state index in [0.717, 1.165) is 0 Å². The van der Waals surface area contributed by atoms with Gasteiger partial charge in [-0.1, -0.05) is 11.6 Å². The minimum absolute atomic E-state index is 0.00990. The fourth-order valence-electron chi connectivity index (χ4n) is 2.27. The van der Waals surface area contributed by atoms with Crippen molar-refractivity contribution >= 4 is 35.1 Å². The fourth-order valence-corrected chi connectivity index (χ4v) is 2.40. The number of hydrogen-bond acceptors (Lipinski definition) is 5. The number of hydrogen-bond donors (Lipinski definition) is 2. The van der Waals surface area contributed by atoms with Crippen LogP contribution in [0.4, 0.5) is 5.88 Å². The molecule has 8 heteroatoms. The van der Waals surface area contributed by atoms with Crippen molar-refractivity contribution in [1.82, 2.24) is 0 Å². The summed E-state index contributed by atoms with van der Waals surface area (Å²) in [5.41, 5.74) is 5.23. The molecule has 132 valence electrons. The van der Waals surface area contributed by atoms with Crippen molar-refractivity contribution in [3.8, 4) is 5.75 Å². The molecule has 0 bridgehead atoms. The van der Waals surface area contributed by atoms with Gasteiger partial charge in [0.05, 0.1) is 18.6 Å². The number of rotatable bonds is 7. The number of halogens is 1. The van der Waals surface area contributed by atoms with Crippen LogP contribution < -0.4 is 15.8 Å². The number of nitrogens with two attached hydrogens (primary N) is 1. The lowest BCUT2D eigenvalue weighted by atomic mass is 10.1. The molecule has 3 N–H and O–H groups in total. The van der Waals surface area contributed by atoms with Gasteiger partial charge in [-0.15, -0.1) is 0 Å². The predicted octanol–water partition coefficient (Wildman–Crippen LogP) is 2.95. The Morgan fingerprint density at radius 1 is 1.20 bits per heavy atom. The van der Waals surface area contributed by atoms with Crippen molar-refractivity contribution in [1.29, 1.82) is 0 Å². The molecule has 0 aliphatic heterocycles. The van der Waals surface area contributed by atoms with Gasteiger partial charge in [-0.25, -0.2) is 0 Å². The average molecular weight is 365 g/mol. The second kappa shape index (κ2) is 7.85. The molecule has 1 heterocycles. The van der Waals surface area contributed by atoms with E-state index in [9.17, 15) is 14.4 Å². The smallest absolute Gasteiger partial charge is 0.255 e. The van der Waals surface area contributed by atoms with Gasteiger partial charge >= 0.3 is 0 Å². The van der Waals surface area contributed by atoms with Crippen molar-refractivity contribution in [3.63, 3.8) is 0 Å². The first-order valence-electron chi connectivity index (χ1n) is 7.42. The Hall–Kier alpha value is -2.80. The number of primary amides is 1. The molecule has 0 saturated heterocycles. The molecule has 0 unspecified atom stereocenters. The molecular weight excluding hydrogens is 348 g/mol. The van der Waals surface area contributed by atoms with Crippen LogP contribution in [0.25, 0.3) is 0 Å². The van der Waals surface area contributed by atoms with Gasteiger partial charge in [-0.2, -0.15) is 0 Å². The normalized spacial score (nSPS) is 10.4. The quantitative estimate of drug-likeness (QED) is 0.733. The number of nitrogens with one attached hydrogen (secondary N) is 1. The van der Waals surface area contributed by atoms with Crippen LogP contribution in [0.15, 0.2) is 28.7 Å². The first kappa shape index (κ1) is 18.5. The molecule has 0 saturated carbocycles. The minimum Gasteiger partial charge on any atom is -0.493 e. The van der Waals surface area contributed by atoms with E-state index >= 15 is 0 Å². The number of carbonyl (C=O) groups excluding carboxylic acids is 3. The van der Waals surface area contributed by atoms with Crippen molar-refractivity contribution in [2.24, 2.45) is 5.73 Å². The van der Waals surface area contributed by atoms with E-state index in [4.69, 9.17) is 26.5 Å². The van der Waals surface area contributed by atoms with Crippen LogP contribution in [0.5, 0.6) is 5.75 Å². The Morgan fingerprint density at radius 2 is 1.84 bits per heavy atom. The summed E-state index contributed by atoms with van der Waals surface area (Å²) in [6.45, 7) is 2.91. The van der Waals surface area contributed by atoms with E-state index in [1.54, 1.807) is 24.3 Å². The van der Waals surface area contributed by atoms with Crippen LogP contribution in [0, 0.1) is 6.92 Å². The van der Waals surface area contributed by atoms with Gasteiger partial charge in [-0.05, 0) is 38.1 Å². The van der Waals surface area contributed by atoms with E-state index in [1.165, 1.54) is 13.8 Å². The summed E-state index contributed by atoms with van der Waals surface area (Å²) in [4.78, 5) is 35.2. The number of carbonyl (C=O) groups is 3. The number of benzene rings is 1. The molecule has 0 radical (unpaired) electrons. The maximum Gasteiger partial charge on any atom is 0.255 e. The SMILES string of the molecule is CC(=O)c1c(C)oc(NC(=O)CCOc2ccc(Cl)cc2)c1C(N)=O. The van der Waals surface area contributed by atoms with E-state index < -0.39 is 11.8 Å². The third-order valence-electron chi connectivity index (χ3n) is 3.35. The molecule has 0 atom stereocenters. The molecule has 0 aliphatic rings. The number of ether oxygens (including phenoxy) is 1. The highest BCUT2D eigenvalue weighted by Gasteiger charge is 2.26. The number of amides is 2. The Balaban J connectivity index is 2.00. The van der Waals surface area contributed by atoms with Crippen LogP contribution in [-0.2, 0) is 4.79 Å². The Bertz CT molecular complexity index is 811. The maximum atomic E-state index is 12.0. The van der Waals surface area contributed by atoms with Crippen molar-refractivity contribution in [2.75, 3.05) is 11.9 Å². The van der Waals surface area contributed by atoms with Crippen LogP contribution in [-0.4, -0.2) is 24.2 Å². The van der Waals surface area contributed by atoms with Crippen LogP contribution >= 0.6 is 11.6 Å². The largest absolute Gasteiger partial charge is 0.493 e. The molecule has 2 rings (SSSR count). The molecule has 25 heavy (non-hydrogen) atoms. The molecule has 1 aromatic heterocycles. The zero-order valence-electron chi connectivity index (χ0n) is 13.7. The number of aryl methyl sites for hydroxylation is 1. The zero-order chi connectivity index (χ0) is 18.6. The number of furan rings is 1. The van der Waals surface area contributed by atoms with Gasteiger partial charge < -0.3 is 14.9 Å². The first-order chi connectivity index (χ1) is 11.8. The first-order valence-corrected chi connectivity index (χ1v) is 7.79. The highest BCUT2D eigenvalue weighted by Crippen LogP contribution is 2.27. The van der Waals surface area contributed by atoms with Gasteiger partial charge in [-0.3, -0.25) is 19.7 Å².